The van der Waals surface area contributed by atoms with Gasteiger partial charge in [-0.15, -0.1) is 11.3 Å². The molecule has 17 rings (SSSR count). The number of aryl methyl sites for hydroxylation is 1. The van der Waals surface area contributed by atoms with Gasteiger partial charge in [-0.2, -0.15) is 0 Å². The Hall–Kier alpha value is -9.75. The van der Waals surface area contributed by atoms with Gasteiger partial charge in [0, 0.05) is 56.9 Å². The number of fused-ring (bicyclic) bond motifs is 11. The van der Waals surface area contributed by atoms with Crippen molar-refractivity contribution in [1.29, 1.82) is 0 Å². The normalized spacial score (nSPS) is 14.0. The number of rotatable bonds is 7. The van der Waals surface area contributed by atoms with Gasteiger partial charge in [0.25, 0.3) is 13.4 Å². The number of thiophene rings is 1. The Labute approximate surface area is 566 Å². The van der Waals surface area contributed by atoms with Crippen LogP contribution in [0.25, 0.3) is 20.9 Å². The first-order chi connectivity index (χ1) is 45.6. The third-order valence-electron chi connectivity index (χ3n) is 20.8. The van der Waals surface area contributed by atoms with Crippen molar-refractivity contribution in [2.45, 2.75) is 112 Å². The molecule has 8 heteroatoms. The Morgan fingerprint density at radius 2 is 0.663 bits per heavy atom. The summed E-state index contributed by atoms with van der Waals surface area (Å²) in [6.07, 6.45) is 0. The molecular formula is C87H79B2N5S. The maximum atomic E-state index is 2.79. The molecule has 0 saturated heterocycles. The van der Waals surface area contributed by atoms with Crippen molar-refractivity contribution in [2.75, 3.05) is 24.5 Å². The molecule has 1 aromatic heterocycles. The van der Waals surface area contributed by atoms with E-state index in [1.165, 1.54) is 144 Å². The zero-order valence-corrected chi connectivity index (χ0v) is 57.7. The minimum atomic E-state index is -0.153. The van der Waals surface area contributed by atoms with Gasteiger partial charge in [-0.25, -0.2) is 0 Å². The highest BCUT2D eigenvalue weighted by molar-refractivity contribution is 7.20. The smallest absolute Gasteiger partial charge is 0.252 e. The van der Waals surface area contributed by atoms with Gasteiger partial charge in [0.1, 0.15) is 0 Å². The van der Waals surface area contributed by atoms with Gasteiger partial charge in [-0.05, 0) is 185 Å². The Bertz CT molecular complexity index is 5030. The molecule has 5 aliphatic heterocycles. The molecule has 0 radical (unpaired) electrons. The number of nitrogens with zero attached hydrogens (tertiary/aromatic N) is 5. The van der Waals surface area contributed by atoms with Crippen LogP contribution in [0.5, 0.6) is 0 Å². The SMILES string of the molecule is Cc1cc2c3c(c1)N1c4c(ccc5c4N(c4cc(N(c6ccccc6)c6ccccc6)cc6c4B5c4cc(C(C)(C)C)ccc4N6c4ccc(C(C)(C)C)cc4)c4c(-c5ccccc5)sc(-c5ccccc5)c41)B3c1ccc(C(C)(C)C)cc1N2c1ccc(C(C)(C)C)cc1. The predicted octanol–water partition coefficient (Wildman–Crippen LogP) is 20.5. The van der Waals surface area contributed by atoms with Crippen LogP contribution < -0.4 is 57.3 Å². The molecule has 0 atom stereocenters. The van der Waals surface area contributed by atoms with Crippen LogP contribution >= 0.6 is 11.3 Å². The molecule has 0 fully saturated rings. The fourth-order valence-corrected chi connectivity index (χ4v) is 17.3. The lowest BCUT2D eigenvalue weighted by Gasteiger charge is -2.52. The van der Waals surface area contributed by atoms with Gasteiger partial charge in [0.15, 0.2) is 0 Å². The molecule has 5 nitrogen and oxygen atoms in total. The van der Waals surface area contributed by atoms with Crippen molar-refractivity contribution in [3.63, 3.8) is 0 Å². The summed E-state index contributed by atoms with van der Waals surface area (Å²) in [6.45, 7) is 30.1. The predicted molar refractivity (Wildman–Crippen MR) is 411 cm³/mol. The molecule has 12 aromatic rings. The van der Waals surface area contributed by atoms with Crippen molar-refractivity contribution in [3.8, 4) is 20.9 Å². The number of anilines is 15. The largest absolute Gasteiger partial charge is 0.311 e. The zero-order chi connectivity index (χ0) is 65.4. The Morgan fingerprint density at radius 1 is 0.295 bits per heavy atom. The molecule has 0 saturated carbocycles. The van der Waals surface area contributed by atoms with Gasteiger partial charge in [0.2, 0.25) is 0 Å². The second-order valence-corrected chi connectivity index (χ2v) is 32.1. The lowest BCUT2D eigenvalue weighted by molar-refractivity contribution is 0.590. The summed E-state index contributed by atoms with van der Waals surface area (Å²) in [5.74, 6) is 0. The van der Waals surface area contributed by atoms with E-state index < -0.39 is 0 Å². The van der Waals surface area contributed by atoms with Crippen LogP contribution in [0.3, 0.4) is 0 Å². The first-order valence-corrected chi connectivity index (χ1v) is 34.8. The minimum Gasteiger partial charge on any atom is -0.311 e. The summed E-state index contributed by atoms with van der Waals surface area (Å²) in [4.78, 5) is 15.7. The fraction of sp³-hybridized carbons (Fsp3) is 0.195. The quantitative estimate of drug-likeness (QED) is 0.147. The summed E-state index contributed by atoms with van der Waals surface area (Å²) < 4.78 is 0. The van der Waals surface area contributed by atoms with Crippen LogP contribution in [0.2, 0.25) is 0 Å². The molecule has 0 N–H and O–H groups in total. The van der Waals surface area contributed by atoms with E-state index in [9.17, 15) is 0 Å². The van der Waals surface area contributed by atoms with Crippen LogP contribution in [-0.2, 0) is 21.7 Å². The lowest BCUT2D eigenvalue weighted by Crippen LogP contribution is -2.65. The number of benzene rings is 11. The number of hydrogen-bond acceptors (Lipinski definition) is 6. The van der Waals surface area contributed by atoms with Crippen molar-refractivity contribution >= 4 is 143 Å². The molecule has 0 spiro atoms. The molecular weight excluding hydrogens is 1170 g/mol. The lowest BCUT2D eigenvalue weighted by atomic mass is 9.30. The Morgan fingerprint density at radius 3 is 1.13 bits per heavy atom. The second kappa shape index (κ2) is 21.1. The molecule has 0 bridgehead atoms. The van der Waals surface area contributed by atoms with Crippen LogP contribution in [0.4, 0.5) is 85.3 Å². The third kappa shape index (κ3) is 9.17. The summed E-state index contributed by atoms with van der Waals surface area (Å²) in [6, 6.07) is 93.5. The molecule has 0 amide bonds. The summed E-state index contributed by atoms with van der Waals surface area (Å²) >= 11 is 1.93. The number of para-hydroxylation sites is 2. The average molecular weight is 1250 g/mol. The van der Waals surface area contributed by atoms with Crippen LogP contribution in [0.15, 0.2) is 243 Å². The van der Waals surface area contributed by atoms with Gasteiger partial charge in [-0.1, -0.05) is 241 Å². The van der Waals surface area contributed by atoms with Crippen molar-refractivity contribution < 1.29 is 0 Å². The Kier molecular flexibility index (Phi) is 13.1. The van der Waals surface area contributed by atoms with E-state index in [1.807, 2.05) is 11.3 Å². The van der Waals surface area contributed by atoms with Gasteiger partial charge in [-0.3, -0.25) is 0 Å². The van der Waals surface area contributed by atoms with Crippen LogP contribution in [-0.4, -0.2) is 13.4 Å². The van der Waals surface area contributed by atoms with Crippen molar-refractivity contribution in [1.82, 2.24) is 0 Å². The zero-order valence-electron chi connectivity index (χ0n) is 56.9. The maximum Gasteiger partial charge on any atom is 0.252 e. The summed E-state index contributed by atoms with van der Waals surface area (Å²) in [5, 5.41) is 0. The first kappa shape index (κ1) is 59.0. The third-order valence-corrected chi connectivity index (χ3v) is 22.0. The van der Waals surface area contributed by atoms with Gasteiger partial charge >= 0.3 is 0 Å². The molecule has 0 unspecified atom stereocenters. The van der Waals surface area contributed by atoms with Crippen LogP contribution in [0, 0.1) is 6.92 Å². The van der Waals surface area contributed by atoms with E-state index in [4.69, 9.17) is 0 Å². The van der Waals surface area contributed by atoms with Crippen LogP contribution in [0.1, 0.15) is 111 Å². The molecule has 464 valence electrons. The van der Waals surface area contributed by atoms with E-state index >= 15 is 0 Å². The molecule has 11 aromatic carbocycles. The average Bonchev–Trinajstić information content (AvgIpc) is 1.62. The first-order valence-electron chi connectivity index (χ1n) is 34.0. The second-order valence-electron chi connectivity index (χ2n) is 31.1. The highest BCUT2D eigenvalue weighted by atomic mass is 32.1. The fourth-order valence-electron chi connectivity index (χ4n) is 16.0. The monoisotopic (exact) mass is 1250 g/mol. The maximum absolute atomic E-state index is 2.79. The molecule has 95 heavy (non-hydrogen) atoms. The number of hydrogen-bond donors (Lipinski definition) is 0. The standard InChI is InChI=1S/C87H79B2N5S/c1-54-48-72-76-73(49-54)93-78-67(88(76)66-44-38-60(87(11,12)13)51-71(66)92(72)64-42-36-58(37-43-64)85(5,6)7)45-46-68-79(78)94(81-80(93)82(55-26-18-14-19-27-55)95-83(81)56-28-20-15-21-29-56)75-53-65(90(61-30-22-16-23-31-61)62-32-24-17-25-33-62)52-74-77(75)89(68)69-50-59(86(8,9)10)39-47-70(69)91(74)63-40-34-57(35-41-63)84(2,3)4/h14-53H,1-13H3. The Balaban J connectivity index is 1.04. The van der Waals surface area contributed by atoms with E-state index in [-0.39, 0.29) is 35.1 Å². The van der Waals surface area contributed by atoms with Gasteiger partial charge in [0.05, 0.1) is 38.2 Å². The van der Waals surface area contributed by atoms with Crippen molar-refractivity contribution in [3.05, 3.63) is 270 Å². The minimum absolute atomic E-state index is 0.00277. The van der Waals surface area contributed by atoms with E-state index in [0.717, 1.165) is 22.7 Å². The van der Waals surface area contributed by atoms with Gasteiger partial charge < -0.3 is 24.5 Å². The summed E-state index contributed by atoms with van der Waals surface area (Å²) in [7, 11) is 0. The summed E-state index contributed by atoms with van der Waals surface area (Å²) in [5.41, 5.74) is 34.2. The molecule has 5 aliphatic rings. The van der Waals surface area contributed by atoms with E-state index in [0.29, 0.717) is 0 Å². The van der Waals surface area contributed by atoms with Crippen molar-refractivity contribution in [2.24, 2.45) is 0 Å². The highest BCUT2D eigenvalue weighted by Crippen LogP contribution is 2.65. The molecule has 0 aliphatic carbocycles. The van der Waals surface area contributed by atoms with E-state index in [2.05, 4.69) is 357 Å². The van der Waals surface area contributed by atoms with E-state index in [1.54, 1.807) is 0 Å². The topological polar surface area (TPSA) is 16.2 Å². The molecule has 6 heterocycles. The highest BCUT2D eigenvalue weighted by Gasteiger charge is 2.54.